The van der Waals surface area contributed by atoms with Gasteiger partial charge in [-0.3, -0.25) is 0 Å². The summed E-state index contributed by atoms with van der Waals surface area (Å²) in [4.78, 5) is 11.2. The van der Waals surface area contributed by atoms with Crippen molar-refractivity contribution in [1.29, 1.82) is 0 Å². The van der Waals surface area contributed by atoms with E-state index >= 15 is 0 Å². The van der Waals surface area contributed by atoms with Gasteiger partial charge in [0.15, 0.2) is 11.6 Å². The molecule has 0 aliphatic carbocycles. The van der Waals surface area contributed by atoms with Crippen LogP contribution in [0.25, 0.3) is 22.0 Å². The van der Waals surface area contributed by atoms with Gasteiger partial charge in [0.2, 0.25) is 5.95 Å². The number of aromatic nitrogens is 3. The van der Waals surface area contributed by atoms with E-state index in [1.807, 2.05) is 18.3 Å². The van der Waals surface area contributed by atoms with Crippen LogP contribution >= 0.6 is 0 Å². The highest BCUT2D eigenvalue weighted by atomic mass is 19.2. The highest BCUT2D eigenvalue weighted by Crippen LogP contribution is 2.43. The Balaban J connectivity index is 1.81. The van der Waals surface area contributed by atoms with Gasteiger partial charge < -0.3 is 10.7 Å². The maximum Gasteiger partial charge on any atom is 0.219 e. The molecule has 6 heteroatoms. The molecule has 1 atom stereocenters. The zero-order chi connectivity index (χ0) is 20.8. The van der Waals surface area contributed by atoms with Crippen LogP contribution in [0.15, 0.2) is 55.0 Å². The molecule has 0 spiro atoms. The van der Waals surface area contributed by atoms with Crippen molar-refractivity contribution in [3.63, 3.8) is 0 Å². The van der Waals surface area contributed by atoms with Crippen LogP contribution in [0.5, 0.6) is 0 Å². The van der Waals surface area contributed by atoms with E-state index in [9.17, 15) is 8.78 Å². The van der Waals surface area contributed by atoms with Crippen molar-refractivity contribution in [3.05, 3.63) is 77.8 Å². The molecule has 3 N–H and O–H groups in total. The van der Waals surface area contributed by atoms with Gasteiger partial charge in [-0.2, -0.15) is 0 Å². The highest BCUT2D eigenvalue weighted by molar-refractivity contribution is 5.85. The fourth-order valence-corrected chi connectivity index (χ4v) is 3.84. The topological polar surface area (TPSA) is 67.6 Å². The SMILES string of the molecule is CC(C)C(C)(c1ccc(-c2cnc(N)nc2)cc1)c1c[nH]c2cc(F)c(F)cc12. The molecule has 29 heavy (non-hydrogen) atoms. The number of nitrogens with two attached hydrogens (primary N) is 1. The molecule has 0 aliphatic heterocycles. The van der Waals surface area contributed by atoms with Crippen molar-refractivity contribution in [2.45, 2.75) is 26.2 Å². The second-order valence-electron chi connectivity index (χ2n) is 7.78. The molecule has 4 aromatic rings. The predicted octanol–water partition coefficient (Wildman–Crippen LogP) is 5.45. The number of benzene rings is 2. The number of hydrogen-bond acceptors (Lipinski definition) is 3. The summed E-state index contributed by atoms with van der Waals surface area (Å²) < 4.78 is 27.6. The van der Waals surface area contributed by atoms with Gasteiger partial charge in [0.05, 0.1) is 0 Å². The van der Waals surface area contributed by atoms with Gasteiger partial charge in [0, 0.05) is 46.5 Å². The number of nitrogens with zero attached hydrogens (tertiary/aromatic N) is 2. The van der Waals surface area contributed by atoms with E-state index in [1.165, 1.54) is 12.1 Å². The number of aromatic amines is 1. The smallest absolute Gasteiger partial charge is 0.219 e. The number of fused-ring (bicyclic) bond motifs is 1. The van der Waals surface area contributed by atoms with Crippen molar-refractivity contribution >= 4 is 16.9 Å². The maximum absolute atomic E-state index is 14.0. The van der Waals surface area contributed by atoms with Gasteiger partial charge in [-0.25, -0.2) is 18.7 Å². The number of rotatable bonds is 4. The van der Waals surface area contributed by atoms with Crippen molar-refractivity contribution in [2.24, 2.45) is 5.92 Å². The minimum atomic E-state index is -0.854. The minimum absolute atomic E-state index is 0.209. The Bertz CT molecular complexity index is 1160. The third kappa shape index (κ3) is 3.14. The fourth-order valence-electron chi connectivity index (χ4n) is 3.84. The predicted molar refractivity (Wildman–Crippen MR) is 111 cm³/mol. The van der Waals surface area contributed by atoms with Crippen LogP contribution in [0.2, 0.25) is 0 Å². The first-order chi connectivity index (χ1) is 13.8. The largest absolute Gasteiger partial charge is 0.368 e. The second kappa shape index (κ2) is 6.95. The van der Waals surface area contributed by atoms with Gasteiger partial charge in [0.1, 0.15) is 0 Å². The third-order valence-electron chi connectivity index (χ3n) is 5.93. The lowest BCUT2D eigenvalue weighted by Gasteiger charge is -2.35. The van der Waals surface area contributed by atoms with Gasteiger partial charge in [-0.1, -0.05) is 45.0 Å². The Morgan fingerprint density at radius 1 is 0.966 bits per heavy atom. The Hall–Kier alpha value is -3.28. The van der Waals surface area contributed by atoms with E-state index in [0.717, 1.165) is 22.3 Å². The lowest BCUT2D eigenvalue weighted by molar-refractivity contribution is 0.408. The van der Waals surface area contributed by atoms with Crippen LogP contribution in [0.1, 0.15) is 31.9 Å². The van der Waals surface area contributed by atoms with Crippen LogP contribution in [-0.2, 0) is 5.41 Å². The number of anilines is 1. The summed E-state index contributed by atoms with van der Waals surface area (Å²) in [6.07, 6.45) is 5.23. The maximum atomic E-state index is 14.0. The molecule has 0 bridgehead atoms. The van der Waals surface area contributed by atoms with Gasteiger partial charge >= 0.3 is 0 Å². The molecule has 0 aliphatic rings. The Labute approximate surface area is 167 Å². The molecular formula is C23H22F2N4. The highest BCUT2D eigenvalue weighted by Gasteiger charge is 2.35. The molecule has 0 amide bonds. The average Bonchev–Trinajstić information content (AvgIpc) is 3.11. The van der Waals surface area contributed by atoms with E-state index in [0.29, 0.717) is 10.9 Å². The molecule has 2 heterocycles. The molecule has 1 unspecified atom stereocenters. The summed E-state index contributed by atoms with van der Waals surface area (Å²) in [5.41, 5.74) is 9.62. The third-order valence-corrected chi connectivity index (χ3v) is 5.93. The van der Waals surface area contributed by atoms with Crippen molar-refractivity contribution in [2.75, 3.05) is 5.73 Å². The quantitative estimate of drug-likeness (QED) is 0.485. The molecule has 148 valence electrons. The van der Waals surface area contributed by atoms with E-state index in [1.54, 1.807) is 12.4 Å². The Morgan fingerprint density at radius 2 is 1.59 bits per heavy atom. The zero-order valence-corrected chi connectivity index (χ0v) is 16.5. The van der Waals surface area contributed by atoms with Gasteiger partial charge in [0.25, 0.3) is 0 Å². The van der Waals surface area contributed by atoms with Crippen LogP contribution in [0, 0.1) is 17.6 Å². The minimum Gasteiger partial charge on any atom is -0.368 e. The normalized spacial score (nSPS) is 13.7. The summed E-state index contributed by atoms with van der Waals surface area (Å²) >= 11 is 0. The fraction of sp³-hybridized carbons (Fsp3) is 0.217. The van der Waals surface area contributed by atoms with Gasteiger partial charge in [-0.15, -0.1) is 0 Å². The summed E-state index contributed by atoms with van der Waals surface area (Å²) in [6.45, 7) is 6.38. The average molecular weight is 392 g/mol. The summed E-state index contributed by atoms with van der Waals surface area (Å²) in [6, 6.07) is 10.6. The van der Waals surface area contributed by atoms with Crippen LogP contribution in [0.4, 0.5) is 14.7 Å². The zero-order valence-electron chi connectivity index (χ0n) is 16.5. The first-order valence-corrected chi connectivity index (χ1v) is 9.45. The first-order valence-electron chi connectivity index (χ1n) is 9.45. The van der Waals surface area contributed by atoms with Crippen LogP contribution in [0.3, 0.4) is 0 Å². The number of nitrogen functional groups attached to an aromatic ring is 1. The van der Waals surface area contributed by atoms with E-state index < -0.39 is 17.0 Å². The van der Waals surface area contributed by atoms with E-state index in [-0.39, 0.29) is 11.9 Å². The van der Waals surface area contributed by atoms with E-state index in [4.69, 9.17) is 5.73 Å². The molecule has 4 nitrogen and oxygen atoms in total. The molecule has 4 rings (SSSR count). The molecule has 0 saturated carbocycles. The van der Waals surface area contributed by atoms with Crippen LogP contribution < -0.4 is 5.73 Å². The number of nitrogens with one attached hydrogen (secondary N) is 1. The summed E-state index contributed by atoms with van der Waals surface area (Å²) in [5, 5.41) is 0.691. The summed E-state index contributed by atoms with van der Waals surface area (Å²) in [5.74, 6) is -1.25. The lowest BCUT2D eigenvalue weighted by Crippen LogP contribution is -2.29. The molecule has 0 fully saturated rings. The first kappa shape index (κ1) is 19.1. The molecular weight excluding hydrogens is 370 g/mol. The number of halogens is 2. The summed E-state index contributed by atoms with van der Waals surface area (Å²) in [7, 11) is 0. The molecule has 2 aromatic carbocycles. The standard InChI is InChI=1S/C23H22F2N4/c1-13(2)23(3,18-12-27-21-9-20(25)19(24)8-17(18)21)16-6-4-14(5-7-16)15-10-28-22(26)29-11-15/h4-13,27H,1-3H3,(H2,26,28,29). The number of H-pyrrole nitrogens is 1. The van der Waals surface area contributed by atoms with Crippen molar-refractivity contribution in [3.8, 4) is 11.1 Å². The lowest BCUT2D eigenvalue weighted by atomic mass is 9.68. The monoisotopic (exact) mass is 392 g/mol. The van der Waals surface area contributed by atoms with Crippen molar-refractivity contribution < 1.29 is 8.78 Å². The Morgan fingerprint density at radius 3 is 2.21 bits per heavy atom. The Kier molecular flexibility index (Phi) is 4.57. The molecule has 2 aromatic heterocycles. The van der Waals surface area contributed by atoms with Crippen LogP contribution in [-0.4, -0.2) is 15.0 Å². The van der Waals surface area contributed by atoms with E-state index in [2.05, 4.69) is 47.9 Å². The second-order valence-corrected chi connectivity index (χ2v) is 7.78. The molecule has 0 radical (unpaired) electrons. The van der Waals surface area contributed by atoms with Crippen molar-refractivity contribution in [1.82, 2.24) is 15.0 Å². The van der Waals surface area contributed by atoms with Gasteiger partial charge in [-0.05, 0) is 28.7 Å². The molecule has 0 saturated heterocycles. The number of hydrogen-bond donors (Lipinski definition) is 2.